The first-order valence-corrected chi connectivity index (χ1v) is 14.0. The van der Waals surface area contributed by atoms with Gasteiger partial charge < -0.3 is 25.7 Å². The summed E-state index contributed by atoms with van der Waals surface area (Å²) in [6.07, 6.45) is -1.15. The summed E-state index contributed by atoms with van der Waals surface area (Å²) in [5.41, 5.74) is 6.58. The fourth-order valence-electron chi connectivity index (χ4n) is 3.71. The predicted molar refractivity (Wildman–Crippen MR) is 149 cm³/mol. The van der Waals surface area contributed by atoms with Crippen molar-refractivity contribution in [2.24, 2.45) is 10.9 Å². The Morgan fingerprint density at radius 3 is 2.18 bits per heavy atom. The van der Waals surface area contributed by atoms with Gasteiger partial charge in [0, 0.05) is 17.1 Å². The van der Waals surface area contributed by atoms with Crippen LogP contribution in [0.15, 0.2) is 87.7 Å². The molecule has 0 bridgehead atoms. The molecule has 3 rings (SSSR count). The van der Waals surface area contributed by atoms with E-state index in [1.54, 1.807) is 57.2 Å². The highest BCUT2D eigenvalue weighted by Crippen LogP contribution is 2.23. The monoisotopic (exact) mass is 573 g/mol. The van der Waals surface area contributed by atoms with Gasteiger partial charge >= 0.3 is 6.09 Å². The van der Waals surface area contributed by atoms with Crippen LogP contribution in [0.1, 0.15) is 43.6 Å². The number of rotatable bonds is 9. The maximum Gasteiger partial charge on any atom is 0.410 e. The number of carbonyl (C=O) groups excluding carboxylic acids is 1. The van der Waals surface area contributed by atoms with Gasteiger partial charge in [-0.05, 0) is 86.8 Å². The van der Waals surface area contributed by atoms with E-state index in [4.69, 9.17) is 27.3 Å². The number of carbonyl (C=O) groups is 1. The quantitative estimate of drug-likeness (QED) is 0.145. The maximum absolute atomic E-state index is 13.0. The first kappa shape index (κ1) is 29.9. The van der Waals surface area contributed by atoms with Crippen molar-refractivity contribution in [3.8, 4) is 0 Å². The number of amidine groups is 1. The van der Waals surface area contributed by atoms with Crippen LogP contribution in [0.25, 0.3) is 0 Å². The molecule has 0 saturated heterocycles. The van der Waals surface area contributed by atoms with Crippen molar-refractivity contribution in [2.75, 3.05) is 13.1 Å². The number of ether oxygens (including phenoxy) is 1. The van der Waals surface area contributed by atoms with Crippen LogP contribution in [0.5, 0.6) is 0 Å². The number of aliphatic hydroxyl groups excluding tert-OH is 1. The lowest BCUT2D eigenvalue weighted by Gasteiger charge is -2.29. The summed E-state index contributed by atoms with van der Waals surface area (Å²) in [5.74, 6) is -0.121. The zero-order chi connectivity index (χ0) is 28.8. The number of amides is 1. The molecule has 1 amide bonds. The van der Waals surface area contributed by atoms with E-state index in [1.807, 2.05) is 0 Å². The molecule has 1 atom stereocenters. The molecule has 0 spiro atoms. The molecule has 9 nitrogen and oxygen atoms in total. The zero-order valence-electron chi connectivity index (χ0n) is 21.9. The van der Waals surface area contributed by atoms with Crippen molar-refractivity contribution < 1.29 is 28.3 Å². The first-order chi connectivity index (χ1) is 18.3. The van der Waals surface area contributed by atoms with E-state index in [2.05, 4.69) is 5.16 Å². The molecule has 208 valence electrons. The fraction of sp³-hybridized carbons (Fsp3) is 0.286. The summed E-state index contributed by atoms with van der Waals surface area (Å²) in [4.78, 5) is 14.5. The highest BCUT2D eigenvalue weighted by molar-refractivity contribution is 7.91. The van der Waals surface area contributed by atoms with Crippen molar-refractivity contribution in [2.45, 2.75) is 48.7 Å². The Labute approximate surface area is 233 Å². The Balaban J connectivity index is 1.74. The van der Waals surface area contributed by atoms with Crippen molar-refractivity contribution in [3.63, 3.8) is 0 Å². The number of aliphatic hydroxyl groups is 1. The van der Waals surface area contributed by atoms with Gasteiger partial charge in [-0.25, -0.2) is 13.2 Å². The van der Waals surface area contributed by atoms with Gasteiger partial charge in [0.2, 0.25) is 9.84 Å². The Morgan fingerprint density at radius 2 is 1.64 bits per heavy atom. The number of nitrogens with zero attached hydrogens (tertiary/aromatic N) is 2. The van der Waals surface area contributed by atoms with Crippen LogP contribution in [0.4, 0.5) is 4.79 Å². The molecule has 11 heteroatoms. The second kappa shape index (κ2) is 12.5. The average molecular weight is 574 g/mol. The van der Waals surface area contributed by atoms with Gasteiger partial charge in [-0.15, -0.1) is 0 Å². The van der Waals surface area contributed by atoms with E-state index in [0.717, 1.165) is 5.56 Å². The van der Waals surface area contributed by atoms with Gasteiger partial charge in [0.1, 0.15) is 5.60 Å². The molecule has 1 unspecified atom stereocenters. The third-order valence-electron chi connectivity index (χ3n) is 5.75. The highest BCUT2D eigenvalue weighted by atomic mass is 35.5. The van der Waals surface area contributed by atoms with Crippen molar-refractivity contribution >= 4 is 33.4 Å². The van der Waals surface area contributed by atoms with Crippen LogP contribution < -0.4 is 5.73 Å². The minimum absolute atomic E-state index is 0.0107. The second-order valence-corrected chi connectivity index (χ2v) is 12.3. The van der Waals surface area contributed by atoms with Crippen LogP contribution in [-0.4, -0.2) is 54.3 Å². The average Bonchev–Trinajstić information content (AvgIpc) is 2.89. The minimum Gasteiger partial charge on any atom is -0.444 e. The molecule has 0 aliphatic carbocycles. The number of halogens is 1. The summed E-state index contributed by atoms with van der Waals surface area (Å²) in [6, 6.07) is 18.8. The lowest BCUT2D eigenvalue weighted by atomic mass is 10.1. The molecule has 0 aliphatic rings. The number of nitrogens with two attached hydrogens (primary N) is 1. The van der Waals surface area contributed by atoms with Gasteiger partial charge in [0.25, 0.3) is 0 Å². The predicted octanol–water partition coefficient (Wildman–Crippen LogP) is 4.78. The lowest BCUT2D eigenvalue weighted by molar-refractivity contribution is 0.0147. The van der Waals surface area contributed by atoms with E-state index in [-0.39, 0.29) is 28.7 Å². The highest BCUT2D eigenvalue weighted by Gasteiger charge is 2.25. The molecule has 0 aliphatic heterocycles. The van der Waals surface area contributed by atoms with E-state index < -0.39 is 27.6 Å². The molecule has 0 saturated carbocycles. The number of oxime groups is 1. The van der Waals surface area contributed by atoms with Gasteiger partial charge in [-0.2, -0.15) is 0 Å². The van der Waals surface area contributed by atoms with Crippen molar-refractivity contribution in [1.29, 1.82) is 0 Å². The number of benzene rings is 3. The Hall–Kier alpha value is -3.60. The van der Waals surface area contributed by atoms with Gasteiger partial charge in [0.15, 0.2) is 5.84 Å². The van der Waals surface area contributed by atoms with Crippen molar-refractivity contribution in [3.05, 3.63) is 94.5 Å². The summed E-state index contributed by atoms with van der Waals surface area (Å²) in [5, 5.41) is 22.9. The summed E-state index contributed by atoms with van der Waals surface area (Å²) in [6.45, 7) is 5.51. The zero-order valence-corrected chi connectivity index (χ0v) is 23.5. The molecule has 0 radical (unpaired) electrons. The van der Waals surface area contributed by atoms with E-state index in [1.165, 1.54) is 41.3 Å². The number of hydrogen-bond donors (Lipinski definition) is 3. The molecule has 0 heterocycles. The van der Waals surface area contributed by atoms with Crippen LogP contribution >= 0.6 is 11.6 Å². The minimum atomic E-state index is -3.79. The second-order valence-electron chi connectivity index (χ2n) is 9.90. The largest absolute Gasteiger partial charge is 0.444 e. The molecule has 3 aromatic carbocycles. The van der Waals surface area contributed by atoms with Crippen LogP contribution in [0.2, 0.25) is 5.02 Å². The topological polar surface area (TPSA) is 143 Å². The van der Waals surface area contributed by atoms with Crippen molar-refractivity contribution in [1.82, 2.24) is 4.90 Å². The van der Waals surface area contributed by atoms with Crippen LogP contribution in [0.3, 0.4) is 0 Å². The van der Waals surface area contributed by atoms with E-state index in [9.17, 15) is 18.3 Å². The Bertz CT molecular complexity index is 1420. The normalized spacial score (nSPS) is 13.1. The maximum atomic E-state index is 13.0. The summed E-state index contributed by atoms with van der Waals surface area (Å²) in [7, 11) is -3.79. The summed E-state index contributed by atoms with van der Waals surface area (Å²) >= 11 is 6.05. The first-order valence-electron chi connectivity index (χ1n) is 12.1. The van der Waals surface area contributed by atoms with Gasteiger partial charge in [0.05, 0.1) is 22.4 Å². The molecule has 4 N–H and O–H groups in total. The third-order valence-corrected chi connectivity index (χ3v) is 7.77. The van der Waals surface area contributed by atoms with Gasteiger partial charge in [-0.3, -0.25) is 0 Å². The molecule has 3 aromatic rings. The van der Waals surface area contributed by atoms with E-state index in [0.29, 0.717) is 22.6 Å². The Morgan fingerprint density at radius 1 is 1.05 bits per heavy atom. The van der Waals surface area contributed by atoms with Crippen LogP contribution in [0, 0.1) is 0 Å². The smallest absolute Gasteiger partial charge is 0.410 e. The number of hydrogen-bond acceptors (Lipinski definition) is 7. The van der Waals surface area contributed by atoms with Crippen LogP contribution in [-0.2, 0) is 21.0 Å². The lowest BCUT2D eigenvalue weighted by Crippen LogP contribution is -2.40. The SMILES string of the molecule is CC(C)(C)OC(=O)N(CCc1ccc(S(=O)(=O)c2ccc(C(N)=NO)cc2)cc1)CC(O)c1cccc(Cl)c1. The Kier molecular flexibility index (Phi) is 9.60. The molecular weight excluding hydrogens is 542 g/mol. The number of sulfone groups is 1. The molecule has 0 aromatic heterocycles. The molecular formula is C28H32ClN3O6S. The summed E-state index contributed by atoms with van der Waals surface area (Å²) < 4.78 is 31.6. The van der Waals surface area contributed by atoms with Gasteiger partial charge in [-0.1, -0.05) is 41.0 Å². The fourth-order valence-corrected chi connectivity index (χ4v) is 5.17. The van der Waals surface area contributed by atoms with E-state index >= 15 is 0 Å². The molecule has 39 heavy (non-hydrogen) atoms. The standard InChI is InChI=1S/C28H32ClN3O6S/c1-28(2,3)38-27(34)32(18-25(33)21-5-4-6-22(29)17-21)16-15-19-7-11-23(12-8-19)39(36,37)24-13-9-20(10-14-24)26(30)31-35/h4-14,17,25,33,35H,15-16,18H2,1-3H3,(H2,30,31). The third kappa shape index (κ3) is 8.19. The molecule has 0 fully saturated rings.